The summed E-state index contributed by atoms with van der Waals surface area (Å²) in [5, 5.41) is 9.45. The number of alkyl halides is 3. The van der Waals surface area contributed by atoms with Crippen LogP contribution in [0.1, 0.15) is 38.8 Å². The molecule has 1 aliphatic rings. The van der Waals surface area contributed by atoms with Gasteiger partial charge in [0.15, 0.2) is 5.96 Å². The number of nitrogens with zero attached hydrogens (tertiary/aromatic N) is 4. The van der Waals surface area contributed by atoms with Gasteiger partial charge >= 0.3 is 6.18 Å². The van der Waals surface area contributed by atoms with Gasteiger partial charge in [0.2, 0.25) is 5.95 Å². The minimum Gasteiger partial charge on any atom is -0.357 e. The largest absolute Gasteiger partial charge is 0.433 e. The highest BCUT2D eigenvalue weighted by Crippen LogP contribution is 2.27. The molecule has 28 heavy (non-hydrogen) atoms. The number of piperidine rings is 1. The Morgan fingerprint density at radius 3 is 2.68 bits per heavy atom. The summed E-state index contributed by atoms with van der Waals surface area (Å²) in [7, 11) is 0. The third kappa shape index (κ3) is 7.49. The first-order chi connectivity index (χ1) is 13.4. The molecule has 7 nitrogen and oxygen atoms in total. The number of nitrogens with one attached hydrogen (secondary N) is 3. The van der Waals surface area contributed by atoms with E-state index in [4.69, 9.17) is 0 Å². The zero-order chi connectivity index (χ0) is 20.4. The van der Waals surface area contributed by atoms with Crippen molar-refractivity contribution in [1.29, 1.82) is 0 Å². The van der Waals surface area contributed by atoms with Gasteiger partial charge in [0.25, 0.3) is 0 Å². The molecule has 0 aromatic carbocycles. The first-order valence-corrected chi connectivity index (χ1v) is 9.83. The third-order valence-electron chi connectivity index (χ3n) is 4.42. The number of hydrogen-bond donors (Lipinski definition) is 3. The molecule has 158 valence electrons. The first-order valence-electron chi connectivity index (χ1n) is 9.83. The van der Waals surface area contributed by atoms with Gasteiger partial charge in [0.05, 0.1) is 6.54 Å². The Bertz CT molecular complexity index is 613. The van der Waals surface area contributed by atoms with Crippen molar-refractivity contribution in [2.45, 2.75) is 45.3 Å². The van der Waals surface area contributed by atoms with Gasteiger partial charge in [0.1, 0.15) is 5.69 Å². The van der Waals surface area contributed by atoms with E-state index in [0.29, 0.717) is 19.1 Å². The van der Waals surface area contributed by atoms with E-state index >= 15 is 0 Å². The van der Waals surface area contributed by atoms with Crippen LogP contribution in [0.25, 0.3) is 0 Å². The number of rotatable bonds is 8. The third-order valence-corrected chi connectivity index (χ3v) is 4.42. The quantitative estimate of drug-likeness (QED) is 0.353. The topological polar surface area (TPSA) is 77.5 Å². The van der Waals surface area contributed by atoms with Crippen molar-refractivity contribution in [3.63, 3.8) is 0 Å². The lowest BCUT2D eigenvalue weighted by Crippen LogP contribution is -2.48. The van der Waals surface area contributed by atoms with Crippen LogP contribution in [-0.4, -0.2) is 66.1 Å². The summed E-state index contributed by atoms with van der Waals surface area (Å²) >= 11 is 0. The maximum Gasteiger partial charge on any atom is 0.433 e. The van der Waals surface area contributed by atoms with Crippen LogP contribution in [0, 0.1) is 0 Å². The SMILES string of the molecule is CCCN1CCC(NC(=NCCNc2nccc(C(F)(F)F)n2)NCC)CC1. The Kier molecular flexibility index (Phi) is 8.75. The Balaban J connectivity index is 1.80. The predicted octanol–water partition coefficient (Wildman–Crippen LogP) is 2.34. The highest BCUT2D eigenvalue weighted by molar-refractivity contribution is 5.80. The van der Waals surface area contributed by atoms with Crippen molar-refractivity contribution in [2.24, 2.45) is 4.99 Å². The van der Waals surface area contributed by atoms with E-state index in [-0.39, 0.29) is 5.95 Å². The minimum absolute atomic E-state index is 0.0497. The Labute approximate surface area is 164 Å². The van der Waals surface area contributed by atoms with Crippen molar-refractivity contribution in [1.82, 2.24) is 25.5 Å². The fraction of sp³-hybridized carbons (Fsp3) is 0.722. The van der Waals surface area contributed by atoms with Gasteiger partial charge in [-0.25, -0.2) is 9.97 Å². The van der Waals surface area contributed by atoms with Crippen molar-refractivity contribution in [3.8, 4) is 0 Å². The highest BCUT2D eigenvalue weighted by Gasteiger charge is 2.32. The monoisotopic (exact) mass is 401 g/mol. The molecule has 2 heterocycles. The molecule has 0 aliphatic carbocycles. The molecule has 1 aromatic heterocycles. The normalized spacial score (nSPS) is 16.8. The van der Waals surface area contributed by atoms with E-state index in [0.717, 1.165) is 57.2 Å². The fourth-order valence-corrected chi connectivity index (χ4v) is 3.07. The molecule has 3 N–H and O–H groups in total. The number of anilines is 1. The molecule has 10 heteroatoms. The second kappa shape index (κ2) is 11.0. The second-order valence-electron chi connectivity index (χ2n) is 6.71. The molecule has 0 spiro atoms. The number of guanidine groups is 1. The van der Waals surface area contributed by atoms with Gasteiger partial charge in [-0.3, -0.25) is 4.99 Å². The summed E-state index contributed by atoms with van der Waals surface area (Å²) in [4.78, 5) is 14.3. The van der Waals surface area contributed by atoms with E-state index in [1.807, 2.05) is 6.92 Å². The lowest BCUT2D eigenvalue weighted by atomic mass is 10.1. The number of likely N-dealkylation sites (tertiary alicyclic amines) is 1. The molecule has 1 saturated heterocycles. The average Bonchev–Trinajstić information content (AvgIpc) is 2.67. The van der Waals surface area contributed by atoms with Gasteiger partial charge in [-0.1, -0.05) is 6.92 Å². The Morgan fingerprint density at radius 2 is 2.04 bits per heavy atom. The molecule has 1 aromatic rings. The summed E-state index contributed by atoms with van der Waals surface area (Å²) in [6.45, 7) is 8.97. The number of halogens is 3. The molecule has 2 rings (SSSR count). The molecule has 0 atom stereocenters. The summed E-state index contributed by atoms with van der Waals surface area (Å²) in [6.07, 6.45) is -0.0728. The predicted molar refractivity (Wildman–Crippen MR) is 104 cm³/mol. The zero-order valence-corrected chi connectivity index (χ0v) is 16.5. The molecule has 1 aliphatic heterocycles. The smallest absolute Gasteiger partial charge is 0.357 e. The van der Waals surface area contributed by atoms with Crippen LogP contribution in [0.5, 0.6) is 0 Å². The lowest BCUT2D eigenvalue weighted by molar-refractivity contribution is -0.141. The van der Waals surface area contributed by atoms with Gasteiger partial charge in [-0.15, -0.1) is 0 Å². The Morgan fingerprint density at radius 1 is 1.29 bits per heavy atom. The van der Waals surface area contributed by atoms with E-state index in [1.165, 1.54) is 6.42 Å². The van der Waals surface area contributed by atoms with Crippen LogP contribution in [0.4, 0.5) is 19.1 Å². The Hall–Kier alpha value is -2.10. The molecule has 1 fully saturated rings. The van der Waals surface area contributed by atoms with Crippen molar-refractivity contribution in [2.75, 3.05) is 44.6 Å². The van der Waals surface area contributed by atoms with E-state index < -0.39 is 11.9 Å². The number of aromatic nitrogens is 2. The van der Waals surface area contributed by atoms with Crippen LogP contribution in [0.2, 0.25) is 0 Å². The van der Waals surface area contributed by atoms with Crippen LogP contribution < -0.4 is 16.0 Å². The van der Waals surface area contributed by atoms with Gasteiger partial charge in [-0.2, -0.15) is 13.2 Å². The number of aliphatic imine (C=N–C) groups is 1. The second-order valence-corrected chi connectivity index (χ2v) is 6.71. The van der Waals surface area contributed by atoms with Crippen molar-refractivity contribution < 1.29 is 13.2 Å². The molecule has 0 bridgehead atoms. The maximum atomic E-state index is 12.7. The zero-order valence-electron chi connectivity index (χ0n) is 16.5. The van der Waals surface area contributed by atoms with Crippen LogP contribution in [0.15, 0.2) is 17.3 Å². The molecular formula is C18H30F3N7. The standard InChI is InChI=1S/C18H30F3N7/c1-3-11-28-12-6-14(7-13-28)26-16(22-4-2)24-9-10-25-17-23-8-5-15(27-17)18(19,20)21/h5,8,14H,3-4,6-7,9-13H2,1-2H3,(H2,22,24,26)(H,23,25,27). The van der Waals surface area contributed by atoms with Crippen LogP contribution in [0.3, 0.4) is 0 Å². The fourth-order valence-electron chi connectivity index (χ4n) is 3.07. The molecule has 0 unspecified atom stereocenters. The summed E-state index contributed by atoms with van der Waals surface area (Å²) in [6, 6.07) is 1.23. The maximum absolute atomic E-state index is 12.7. The summed E-state index contributed by atoms with van der Waals surface area (Å²) in [5.74, 6) is 0.675. The van der Waals surface area contributed by atoms with Crippen molar-refractivity contribution >= 4 is 11.9 Å². The van der Waals surface area contributed by atoms with Crippen molar-refractivity contribution in [3.05, 3.63) is 18.0 Å². The molecular weight excluding hydrogens is 371 g/mol. The summed E-state index contributed by atoms with van der Waals surface area (Å²) < 4.78 is 38.0. The highest BCUT2D eigenvalue weighted by atomic mass is 19.4. The minimum atomic E-state index is -4.48. The molecule has 0 saturated carbocycles. The first kappa shape index (κ1) is 22.2. The van der Waals surface area contributed by atoms with E-state index in [2.05, 4.69) is 42.7 Å². The van der Waals surface area contributed by atoms with E-state index in [9.17, 15) is 13.2 Å². The van der Waals surface area contributed by atoms with Gasteiger partial charge in [-0.05, 0) is 38.8 Å². The van der Waals surface area contributed by atoms with Gasteiger partial charge in [0, 0.05) is 38.4 Å². The van der Waals surface area contributed by atoms with Crippen LogP contribution >= 0.6 is 0 Å². The lowest BCUT2D eigenvalue weighted by Gasteiger charge is -2.32. The summed E-state index contributed by atoms with van der Waals surface area (Å²) in [5.41, 5.74) is -0.960. The van der Waals surface area contributed by atoms with E-state index in [1.54, 1.807) is 0 Å². The molecule has 0 radical (unpaired) electrons. The average molecular weight is 401 g/mol. The van der Waals surface area contributed by atoms with Crippen LogP contribution in [-0.2, 0) is 6.18 Å². The number of hydrogen-bond acceptors (Lipinski definition) is 5. The molecule has 0 amide bonds. The van der Waals surface area contributed by atoms with Gasteiger partial charge < -0.3 is 20.9 Å².